The highest BCUT2D eigenvalue weighted by Gasteiger charge is 2.05. The van der Waals surface area contributed by atoms with E-state index in [1.807, 2.05) is 30.5 Å². The van der Waals surface area contributed by atoms with Gasteiger partial charge in [0.1, 0.15) is 18.2 Å². The molecule has 3 aromatic rings. The van der Waals surface area contributed by atoms with Crippen LogP contribution in [0.1, 0.15) is 22.3 Å². The largest absolute Gasteiger partial charge is 0.488 e. The van der Waals surface area contributed by atoms with Gasteiger partial charge in [0.15, 0.2) is 0 Å². The molecule has 0 radical (unpaired) electrons. The molecule has 0 unspecified atom stereocenters. The molecule has 0 fully saturated rings. The van der Waals surface area contributed by atoms with Gasteiger partial charge in [-0.3, -0.25) is 4.99 Å². The normalized spacial score (nSPS) is 11.1. The highest BCUT2D eigenvalue weighted by Crippen LogP contribution is 2.27. The standard InChI is InChI=1S/C22H19BrFNO/c1-15-7-9-19(11-16(15)2)25-13-17-8-10-22(20(23)12-17)26-14-18-5-3-4-6-21(18)24/h3-13H,14H2,1-2H3. The number of ether oxygens (including phenoxy) is 1. The molecule has 0 aromatic heterocycles. The van der Waals surface area contributed by atoms with E-state index in [1.54, 1.807) is 18.2 Å². The number of hydrogen-bond acceptors (Lipinski definition) is 2. The third kappa shape index (κ3) is 4.58. The van der Waals surface area contributed by atoms with Gasteiger partial charge in [-0.05, 0) is 82.9 Å². The van der Waals surface area contributed by atoms with Crippen LogP contribution in [-0.4, -0.2) is 6.21 Å². The van der Waals surface area contributed by atoms with Gasteiger partial charge < -0.3 is 4.74 Å². The Morgan fingerprint density at radius 3 is 2.54 bits per heavy atom. The molecule has 0 bridgehead atoms. The Kier molecular flexibility index (Phi) is 5.84. The SMILES string of the molecule is Cc1ccc(N=Cc2ccc(OCc3ccccc3F)c(Br)c2)cc1C. The first-order valence-electron chi connectivity index (χ1n) is 8.30. The number of halogens is 2. The van der Waals surface area contributed by atoms with Gasteiger partial charge in [-0.25, -0.2) is 4.39 Å². The van der Waals surface area contributed by atoms with Gasteiger partial charge in [0.2, 0.25) is 0 Å². The highest BCUT2D eigenvalue weighted by atomic mass is 79.9. The predicted molar refractivity (Wildman–Crippen MR) is 108 cm³/mol. The fourth-order valence-corrected chi connectivity index (χ4v) is 2.95. The smallest absolute Gasteiger partial charge is 0.134 e. The van der Waals surface area contributed by atoms with E-state index in [0.29, 0.717) is 11.3 Å². The van der Waals surface area contributed by atoms with E-state index in [-0.39, 0.29) is 12.4 Å². The van der Waals surface area contributed by atoms with Gasteiger partial charge in [-0.2, -0.15) is 0 Å². The lowest BCUT2D eigenvalue weighted by Gasteiger charge is -2.09. The fraction of sp³-hybridized carbons (Fsp3) is 0.136. The van der Waals surface area contributed by atoms with Gasteiger partial charge in [-0.1, -0.05) is 24.3 Å². The van der Waals surface area contributed by atoms with E-state index in [2.05, 4.69) is 46.9 Å². The van der Waals surface area contributed by atoms with E-state index in [0.717, 1.165) is 15.7 Å². The topological polar surface area (TPSA) is 21.6 Å². The Hall–Kier alpha value is -2.46. The zero-order chi connectivity index (χ0) is 18.5. The molecule has 0 atom stereocenters. The first-order chi connectivity index (χ1) is 12.5. The van der Waals surface area contributed by atoms with Crippen LogP contribution in [0, 0.1) is 19.7 Å². The molecule has 0 aliphatic carbocycles. The van der Waals surface area contributed by atoms with Crippen molar-refractivity contribution in [2.75, 3.05) is 0 Å². The first kappa shape index (κ1) is 18.3. The Bertz CT molecular complexity index is 953. The number of nitrogens with zero attached hydrogens (tertiary/aromatic N) is 1. The number of rotatable bonds is 5. The average Bonchev–Trinajstić information content (AvgIpc) is 2.63. The molecule has 0 N–H and O–H groups in total. The summed E-state index contributed by atoms with van der Waals surface area (Å²) in [7, 11) is 0. The van der Waals surface area contributed by atoms with Crippen LogP contribution in [0.2, 0.25) is 0 Å². The second-order valence-electron chi connectivity index (χ2n) is 6.10. The molecule has 0 aliphatic rings. The minimum absolute atomic E-state index is 0.182. The van der Waals surface area contributed by atoms with Crippen molar-refractivity contribution in [2.24, 2.45) is 4.99 Å². The summed E-state index contributed by atoms with van der Waals surface area (Å²) in [6.45, 7) is 4.34. The maximum absolute atomic E-state index is 13.7. The van der Waals surface area contributed by atoms with Crippen molar-refractivity contribution in [2.45, 2.75) is 20.5 Å². The van der Waals surface area contributed by atoms with E-state index in [9.17, 15) is 4.39 Å². The van der Waals surface area contributed by atoms with E-state index in [4.69, 9.17) is 4.74 Å². The Morgan fingerprint density at radius 1 is 1.00 bits per heavy atom. The molecule has 0 saturated heterocycles. The van der Waals surface area contributed by atoms with Crippen LogP contribution in [0.4, 0.5) is 10.1 Å². The highest BCUT2D eigenvalue weighted by molar-refractivity contribution is 9.10. The summed E-state index contributed by atoms with van der Waals surface area (Å²) in [6, 6.07) is 18.4. The van der Waals surface area contributed by atoms with Crippen LogP contribution in [0.3, 0.4) is 0 Å². The number of aryl methyl sites for hydroxylation is 2. The summed E-state index contributed by atoms with van der Waals surface area (Å²) >= 11 is 3.51. The first-order valence-corrected chi connectivity index (χ1v) is 9.09. The Balaban J connectivity index is 1.70. The molecule has 2 nitrogen and oxygen atoms in total. The lowest BCUT2D eigenvalue weighted by molar-refractivity contribution is 0.298. The third-order valence-electron chi connectivity index (χ3n) is 4.15. The molecule has 3 aromatic carbocycles. The summed E-state index contributed by atoms with van der Waals surface area (Å²) in [5.41, 5.74) is 4.87. The van der Waals surface area contributed by atoms with Crippen molar-refractivity contribution >= 4 is 27.8 Å². The maximum Gasteiger partial charge on any atom is 0.134 e. The quantitative estimate of drug-likeness (QED) is 0.437. The zero-order valence-electron chi connectivity index (χ0n) is 14.7. The van der Waals surface area contributed by atoms with Gasteiger partial charge >= 0.3 is 0 Å². The second-order valence-corrected chi connectivity index (χ2v) is 6.95. The van der Waals surface area contributed by atoms with Crippen molar-refractivity contribution in [3.05, 3.63) is 93.2 Å². The summed E-state index contributed by atoms with van der Waals surface area (Å²) in [4.78, 5) is 4.52. The van der Waals surface area contributed by atoms with Crippen LogP contribution in [0.25, 0.3) is 0 Å². The molecule has 3 rings (SSSR count). The monoisotopic (exact) mass is 411 g/mol. The average molecular weight is 412 g/mol. The summed E-state index contributed by atoms with van der Waals surface area (Å²) in [5.74, 6) is 0.400. The molecule has 0 heterocycles. The van der Waals surface area contributed by atoms with Crippen molar-refractivity contribution in [1.29, 1.82) is 0 Å². The molecule has 0 amide bonds. The molecular weight excluding hydrogens is 393 g/mol. The molecule has 132 valence electrons. The van der Waals surface area contributed by atoms with E-state index >= 15 is 0 Å². The maximum atomic E-state index is 13.7. The van der Waals surface area contributed by atoms with Crippen molar-refractivity contribution in [1.82, 2.24) is 0 Å². The number of benzene rings is 3. The van der Waals surface area contributed by atoms with Crippen LogP contribution >= 0.6 is 15.9 Å². The van der Waals surface area contributed by atoms with Gasteiger partial charge in [0.25, 0.3) is 0 Å². The lowest BCUT2D eigenvalue weighted by atomic mass is 10.1. The Labute approximate surface area is 161 Å². The van der Waals surface area contributed by atoms with Gasteiger partial charge in [0.05, 0.1) is 10.2 Å². The van der Waals surface area contributed by atoms with Crippen LogP contribution < -0.4 is 4.74 Å². The summed E-state index contributed by atoms with van der Waals surface area (Å²) in [6.07, 6.45) is 1.81. The van der Waals surface area contributed by atoms with Crippen molar-refractivity contribution < 1.29 is 9.13 Å². The summed E-state index contributed by atoms with van der Waals surface area (Å²) < 4.78 is 20.2. The van der Waals surface area contributed by atoms with E-state index < -0.39 is 0 Å². The number of aliphatic imine (C=N–C) groups is 1. The van der Waals surface area contributed by atoms with Crippen molar-refractivity contribution in [3.63, 3.8) is 0 Å². The minimum atomic E-state index is -0.263. The van der Waals surface area contributed by atoms with Crippen molar-refractivity contribution in [3.8, 4) is 5.75 Å². The second kappa shape index (κ2) is 8.28. The molecular formula is C22H19BrFNO. The molecule has 0 aliphatic heterocycles. The molecule has 0 spiro atoms. The van der Waals surface area contributed by atoms with Crippen LogP contribution in [-0.2, 0) is 6.61 Å². The van der Waals surface area contributed by atoms with Crippen LogP contribution in [0.15, 0.2) is 70.1 Å². The van der Waals surface area contributed by atoms with Gasteiger partial charge in [0, 0.05) is 11.8 Å². The summed E-state index contributed by atoms with van der Waals surface area (Å²) in [5, 5.41) is 0. The predicted octanol–water partition coefficient (Wildman–Crippen LogP) is 6.53. The lowest BCUT2D eigenvalue weighted by Crippen LogP contribution is -1.99. The minimum Gasteiger partial charge on any atom is -0.488 e. The molecule has 26 heavy (non-hydrogen) atoms. The van der Waals surface area contributed by atoms with Crippen LogP contribution in [0.5, 0.6) is 5.75 Å². The fourth-order valence-electron chi connectivity index (χ4n) is 2.44. The molecule has 0 saturated carbocycles. The van der Waals surface area contributed by atoms with Gasteiger partial charge in [-0.15, -0.1) is 0 Å². The zero-order valence-corrected chi connectivity index (χ0v) is 16.3. The Morgan fingerprint density at radius 2 is 1.81 bits per heavy atom. The third-order valence-corrected chi connectivity index (χ3v) is 4.77. The number of hydrogen-bond donors (Lipinski definition) is 0. The van der Waals surface area contributed by atoms with E-state index in [1.165, 1.54) is 17.2 Å². The molecule has 4 heteroatoms.